The van der Waals surface area contributed by atoms with Crippen molar-refractivity contribution < 1.29 is 24.0 Å². The molecule has 3 unspecified atom stereocenters. The summed E-state index contributed by atoms with van der Waals surface area (Å²) in [7, 11) is 0.0942. The standard InChI is InChI=1S/C31H45NO5S/c1-11-31(12-2,23-13-15-25(20(3)17-23)28(35)32(10)19-27(33)34)24-14-16-26(21(4)18-24)38(37)22(5)30(9,36)29(6,7)8/h13-18,22,36H,11-12,19H2,1-10H3,(H,33,34). The molecule has 0 bridgehead atoms. The van der Waals surface area contributed by atoms with Gasteiger partial charge in [0.05, 0.1) is 21.7 Å². The van der Waals surface area contributed by atoms with E-state index in [2.05, 4.69) is 19.9 Å². The Morgan fingerprint density at radius 3 is 1.87 bits per heavy atom. The number of nitrogens with zero attached hydrogens (tertiary/aromatic N) is 1. The molecule has 0 heterocycles. The summed E-state index contributed by atoms with van der Waals surface area (Å²) in [5, 5.41) is 19.8. The average molecular weight is 544 g/mol. The van der Waals surface area contributed by atoms with Crippen LogP contribution in [0.4, 0.5) is 0 Å². The van der Waals surface area contributed by atoms with Gasteiger partial charge >= 0.3 is 5.97 Å². The molecular formula is C31H45NO5S. The van der Waals surface area contributed by atoms with Crippen LogP contribution in [-0.4, -0.2) is 55.6 Å². The lowest BCUT2D eigenvalue weighted by Crippen LogP contribution is -2.50. The van der Waals surface area contributed by atoms with Gasteiger partial charge in [-0.3, -0.25) is 13.8 Å². The number of hydrogen-bond donors (Lipinski definition) is 2. The van der Waals surface area contributed by atoms with Crippen molar-refractivity contribution in [3.8, 4) is 0 Å². The Labute approximate surface area is 230 Å². The predicted octanol–water partition coefficient (Wildman–Crippen LogP) is 5.86. The van der Waals surface area contributed by atoms with Crippen LogP contribution >= 0.6 is 0 Å². The van der Waals surface area contributed by atoms with Crippen LogP contribution in [0.3, 0.4) is 0 Å². The number of likely N-dealkylation sites (N-methyl/N-ethyl adjacent to an activating group) is 1. The maximum absolute atomic E-state index is 13.6. The van der Waals surface area contributed by atoms with Gasteiger partial charge in [-0.05, 0) is 80.3 Å². The fourth-order valence-corrected chi connectivity index (χ4v) is 6.83. The molecule has 0 saturated heterocycles. The molecule has 0 aliphatic carbocycles. The number of carbonyl (C=O) groups excluding carboxylic acids is 1. The Kier molecular flexibility index (Phi) is 9.77. The normalized spacial score (nSPS) is 15.4. The quantitative estimate of drug-likeness (QED) is 0.391. The Bertz CT molecular complexity index is 1210. The summed E-state index contributed by atoms with van der Waals surface area (Å²) in [4.78, 5) is 25.8. The van der Waals surface area contributed by atoms with Crippen molar-refractivity contribution in [3.05, 3.63) is 64.2 Å². The summed E-state index contributed by atoms with van der Waals surface area (Å²) >= 11 is 0. The lowest BCUT2D eigenvalue weighted by atomic mass is 9.70. The van der Waals surface area contributed by atoms with Crippen molar-refractivity contribution in [2.24, 2.45) is 5.41 Å². The third-order valence-corrected chi connectivity index (χ3v) is 10.5. The number of rotatable bonds is 10. The highest BCUT2D eigenvalue weighted by molar-refractivity contribution is 7.85. The molecule has 0 saturated carbocycles. The van der Waals surface area contributed by atoms with E-state index in [0.29, 0.717) is 5.56 Å². The number of carboxylic acids is 1. The van der Waals surface area contributed by atoms with E-state index >= 15 is 0 Å². The third-order valence-electron chi connectivity index (χ3n) is 8.51. The molecule has 7 heteroatoms. The topological polar surface area (TPSA) is 94.9 Å². The van der Waals surface area contributed by atoms with E-state index in [1.807, 2.05) is 65.8 Å². The number of benzene rings is 2. The second-order valence-corrected chi connectivity index (χ2v) is 13.4. The average Bonchev–Trinajstić information content (AvgIpc) is 2.83. The van der Waals surface area contributed by atoms with E-state index in [0.717, 1.165) is 40.0 Å². The number of aryl methyl sites for hydroxylation is 2. The molecule has 0 aromatic heterocycles. The van der Waals surface area contributed by atoms with Gasteiger partial charge in [-0.1, -0.05) is 58.9 Å². The summed E-state index contributed by atoms with van der Waals surface area (Å²) in [6, 6.07) is 11.9. The minimum atomic E-state index is -1.39. The predicted molar refractivity (Wildman–Crippen MR) is 154 cm³/mol. The van der Waals surface area contributed by atoms with E-state index in [4.69, 9.17) is 5.11 Å². The number of carbonyl (C=O) groups is 2. The highest BCUT2D eigenvalue weighted by Crippen LogP contribution is 2.41. The Balaban J connectivity index is 2.51. The fraction of sp³-hybridized carbons (Fsp3) is 0.548. The van der Waals surface area contributed by atoms with E-state index in [-0.39, 0.29) is 17.9 Å². The molecule has 2 aromatic rings. The number of amides is 1. The SMILES string of the molecule is CCC(CC)(c1ccc(C(=O)N(C)CC(=O)O)c(C)c1)c1ccc(S(=O)C(C)C(C)(O)C(C)(C)C)c(C)c1. The molecule has 0 radical (unpaired) electrons. The molecule has 0 spiro atoms. The van der Waals surface area contributed by atoms with E-state index in [1.54, 1.807) is 13.0 Å². The smallest absolute Gasteiger partial charge is 0.323 e. The van der Waals surface area contributed by atoms with Crippen molar-refractivity contribution in [1.82, 2.24) is 4.90 Å². The zero-order valence-corrected chi connectivity index (χ0v) is 25.5. The fourth-order valence-electron chi connectivity index (χ4n) is 5.10. The minimum absolute atomic E-state index is 0.313. The summed E-state index contributed by atoms with van der Waals surface area (Å²) in [6.07, 6.45) is 1.65. The molecule has 0 fully saturated rings. The molecule has 0 aliphatic rings. The van der Waals surface area contributed by atoms with E-state index in [9.17, 15) is 18.9 Å². The van der Waals surface area contributed by atoms with Crippen LogP contribution < -0.4 is 0 Å². The summed E-state index contributed by atoms with van der Waals surface area (Å²) in [6.45, 7) is 17.2. The molecule has 3 atom stereocenters. The van der Waals surface area contributed by atoms with Crippen LogP contribution in [0.5, 0.6) is 0 Å². The largest absolute Gasteiger partial charge is 0.480 e. The van der Waals surface area contributed by atoms with Crippen LogP contribution in [0, 0.1) is 19.3 Å². The molecule has 1 amide bonds. The van der Waals surface area contributed by atoms with Crippen LogP contribution in [0.1, 0.15) is 93.9 Å². The summed E-state index contributed by atoms with van der Waals surface area (Å²) in [5.41, 5.74) is 2.53. The van der Waals surface area contributed by atoms with Crippen molar-refractivity contribution in [3.63, 3.8) is 0 Å². The zero-order valence-electron chi connectivity index (χ0n) is 24.6. The van der Waals surface area contributed by atoms with Crippen LogP contribution in [0.2, 0.25) is 0 Å². The first-order valence-electron chi connectivity index (χ1n) is 13.3. The Morgan fingerprint density at radius 1 is 0.947 bits per heavy atom. The zero-order chi connectivity index (χ0) is 29.2. The van der Waals surface area contributed by atoms with Crippen molar-refractivity contribution in [2.45, 2.75) is 96.3 Å². The number of aliphatic carboxylic acids is 1. The van der Waals surface area contributed by atoms with Gasteiger partial charge < -0.3 is 15.1 Å². The van der Waals surface area contributed by atoms with Gasteiger partial charge in [-0.25, -0.2) is 0 Å². The van der Waals surface area contributed by atoms with Crippen LogP contribution in [0.25, 0.3) is 0 Å². The highest BCUT2D eigenvalue weighted by Gasteiger charge is 2.43. The summed E-state index contributed by atoms with van der Waals surface area (Å²) in [5.74, 6) is -1.37. The molecule has 2 rings (SSSR count). The number of aliphatic hydroxyl groups is 1. The first-order chi connectivity index (χ1) is 17.4. The van der Waals surface area contributed by atoms with Gasteiger partial charge in [0.15, 0.2) is 0 Å². The molecule has 6 nitrogen and oxygen atoms in total. The maximum Gasteiger partial charge on any atom is 0.323 e. The molecule has 38 heavy (non-hydrogen) atoms. The second kappa shape index (κ2) is 11.7. The summed E-state index contributed by atoms with van der Waals surface area (Å²) < 4.78 is 13.6. The van der Waals surface area contributed by atoms with Crippen LogP contribution in [0.15, 0.2) is 41.3 Å². The van der Waals surface area contributed by atoms with E-state index in [1.165, 1.54) is 11.9 Å². The number of hydrogen-bond acceptors (Lipinski definition) is 4. The third kappa shape index (κ3) is 6.04. The molecule has 0 aliphatic heterocycles. The van der Waals surface area contributed by atoms with Gasteiger partial charge in [0.1, 0.15) is 6.54 Å². The molecule has 2 N–H and O–H groups in total. The second-order valence-electron chi connectivity index (χ2n) is 11.7. The maximum atomic E-state index is 13.6. The Morgan fingerprint density at radius 2 is 1.45 bits per heavy atom. The van der Waals surface area contributed by atoms with Gasteiger partial charge in [-0.15, -0.1) is 0 Å². The number of carboxylic acid groups (broad SMARTS) is 1. The van der Waals surface area contributed by atoms with Gasteiger partial charge in [-0.2, -0.15) is 0 Å². The van der Waals surface area contributed by atoms with Gasteiger partial charge in [0.2, 0.25) is 0 Å². The van der Waals surface area contributed by atoms with Crippen LogP contribution in [-0.2, 0) is 21.0 Å². The highest BCUT2D eigenvalue weighted by atomic mass is 32.2. The van der Waals surface area contributed by atoms with E-state index < -0.39 is 33.0 Å². The monoisotopic (exact) mass is 543 g/mol. The Hall–Kier alpha value is -2.51. The van der Waals surface area contributed by atoms with Crippen molar-refractivity contribution in [2.75, 3.05) is 13.6 Å². The lowest BCUT2D eigenvalue weighted by molar-refractivity contribution is -0.137. The molecular weight excluding hydrogens is 498 g/mol. The first kappa shape index (κ1) is 31.7. The van der Waals surface area contributed by atoms with Crippen molar-refractivity contribution in [1.29, 1.82) is 0 Å². The molecule has 210 valence electrons. The lowest BCUT2D eigenvalue weighted by Gasteiger charge is -2.41. The first-order valence-corrected chi connectivity index (χ1v) is 14.5. The molecule has 2 aromatic carbocycles. The minimum Gasteiger partial charge on any atom is -0.480 e. The van der Waals surface area contributed by atoms with Crippen molar-refractivity contribution >= 4 is 22.7 Å². The van der Waals surface area contributed by atoms with Gasteiger partial charge in [0, 0.05) is 22.9 Å². The van der Waals surface area contributed by atoms with Gasteiger partial charge in [0.25, 0.3) is 5.91 Å².